The molecule has 2 heterocycles. The van der Waals surface area contributed by atoms with E-state index in [-0.39, 0.29) is 18.6 Å². The molecule has 2 aliphatic heterocycles. The van der Waals surface area contributed by atoms with Gasteiger partial charge in [0.05, 0.1) is 31.5 Å². The number of hydrogen-bond acceptors (Lipinski definition) is 6. The molecule has 7 heteroatoms. The summed E-state index contributed by atoms with van der Waals surface area (Å²) in [6, 6.07) is 7.42. The molecule has 1 aromatic carbocycles. The van der Waals surface area contributed by atoms with Gasteiger partial charge in [-0.2, -0.15) is 5.26 Å². The van der Waals surface area contributed by atoms with E-state index in [4.69, 9.17) is 19.5 Å². The number of hydrogen-bond donors (Lipinski definition) is 1. The lowest BCUT2D eigenvalue weighted by molar-refractivity contribution is -0.124. The van der Waals surface area contributed by atoms with Crippen molar-refractivity contribution in [1.82, 2.24) is 10.2 Å². The van der Waals surface area contributed by atoms with Crippen LogP contribution in [0.4, 0.5) is 0 Å². The van der Waals surface area contributed by atoms with Gasteiger partial charge in [-0.1, -0.05) is 0 Å². The molecule has 2 fully saturated rings. The van der Waals surface area contributed by atoms with E-state index in [0.29, 0.717) is 29.6 Å². The van der Waals surface area contributed by atoms with Gasteiger partial charge >= 0.3 is 0 Å². The van der Waals surface area contributed by atoms with Crippen LogP contribution in [0.25, 0.3) is 0 Å². The van der Waals surface area contributed by atoms with E-state index in [1.54, 1.807) is 18.2 Å². The number of carbonyl (C=O) groups excluding carboxylic acids is 1. The molecule has 1 N–H and O–H groups in total. The summed E-state index contributed by atoms with van der Waals surface area (Å²) in [5.41, 5.74) is 0.475. The van der Waals surface area contributed by atoms with Crippen LogP contribution in [0, 0.1) is 11.3 Å². The molecular weight excluding hydrogens is 322 g/mol. The molecule has 2 aliphatic rings. The van der Waals surface area contributed by atoms with Crippen molar-refractivity contribution in [3.05, 3.63) is 23.8 Å². The summed E-state index contributed by atoms with van der Waals surface area (Å²) in [5, 5.41) is 11.7. The standard InChI is InChI=1S/C18H23N3O4/c1-23-17-7-13(8-19)4-5-16(17)25-12-18(22)20-9-15-10-21-6-2-3-14(21)11-24-15/h4-5,7,14-15H,2-3,6,9-12H2,1H3,(H,20,22)/t14-,15-/m1/s1. The molecule has 0 unspecified atom stereocenters. The number of methoxy groups -OCH3 is 1. The summed E-state index contributed by atoms with van der Waals surface area (Å²) < 4.78 is 16.5. The van der Waals surface area contributed by atoms with Crippen LogP contribution in [0.5, 0.6) is 11.5 Å². The van der Waals surface area contributed by atoms with Crippen LogP contribution in [-0.2, 0) is 9.53 Å². The molecule has 0 saturated carbocycles. The van der Waals surface area contributed by atoms with Crippen molar-refractivity contribution in [1.29, 1.82) is 5.26 Å². The second kappa shape index (κ2) is 8.19. The number of nitriles is 1. The van der Waals surface area contributed by atoms with Gasteiger partial charge in [-0.15, -0.1) is 0 Å². The Kier molecular flexibility index (Phi) is 5.74. The number of fused-ring (bicyclic) bond motifs is 1. The molecule has 2 atom stereocenters. The van der Waals surface area contributed by atoms with Crippen molar-refractivity contribution in [2.45, 2.75) is 25.0 Å². The second-order valence-electron chi connectivity index (χ2n) is 6.32. The SMILES string of the molecule is COc1cc(C#N)ccc1OCC(=O)NC[C@@H]1CN2CCC[C@@H]2CO1. The third kappa shape index (κ3) is 4.41. The highest BCUT2D eigenvalue weighted by molar-refractivity contribution is 5.77. The lowest BCUT2D eigenvalue weighted by Gasteiger charge is -2.35. The lowest BCUT2D eigenvalue weighted by atomic mass is 10.2. The smallest absolute Gasteiger partial charge is 0.258 e. The number of benzene rings is 1. The zero-order chi connectivity index (χ0) is 17.6. The van der Waals surface area contributed by atoms with Crippen LogP contribution in [0.1, 0.15) is 18.4 Å². The molecule has 0 bridgehead atoms. The van der Waals surface area contributed by atoms with E-state index in [0.717, 1.165) is 19.7 Å². The van der Waals surface area contributed by atoms with Gasteiger partial charge in [0.15, 0.2) is 18.1 Å². The first-order valence-corrected chi connectivity index (χ1v) is 8.53. The first kappa shape index (κ1) is 17.5. The van der Waals surface area contributed by atoms with Crippen LogP contribution in [0.3, 0.4) is 0 Å². The van der Waals surface area contributed by atoms with E-state index in [1.807, 2.05) is 6.07 Å². The first-order valence-electron chi connectivity index (χ1n) is 8.53. The minimum absolute atomic E-state index is 0.0303. The van der Waals surface area contributed by atoms with Gasteiger partial charge in [-0.3, -0.25) is 9.69 Å². The minimum Gasteiger partial charge on any atom is -0.493 e. The van der Waals surface area contributed by atoms with Gasteiger partial charge in [0.25, 0.3) is 5.91 Å². The average Bonchev–Trinajstić information content (AvgIpc) is 3.12. The number of carbonyl (C=O) groups is 1. The topological polar surface area (TPSA) is 83.8 Å². The molecule has 1 amide bonds. The Morgan fingerprint density at radius 1 is 1.48 bits per heavy atom. The molecule has 0 aliphatic carbocycles. The largest absolute Gasteiger partial charge is 0.493 e. The first-order chi connectivity index (χ1) is 12.2. The monoisotopic (exact) mass is 345 g/mol. The highest BCUT2D eigenvalue weighted by Crippen LogP contribution is 2.27. The maximum absolute atomic E-state index is 12.0. The Balaban J connectivity index is 1.43. The van der Waals surface area contributed by atoms with Crippen LogP contribution >= 0.6 is 0 Å². The van der Waals surface area contributed by atoms with Gasteiger partial charge in [0.2, 0.25) is 0 Å². The van der Waals surface area contributed by atoms with Crippen LogP contribution in [-0.4, -0.2) is 62.9 Å². The summed E-state index contributed by atoms with van der Waals surface area (Å²) in [7, 11) is 1.50. The number of nitrogens with zero attached hydrogens (tertiary/aromatic N) is 2. The van der Waals surface area contributed by atoms with Gasteiger partial charge in [-0.25, -0.2) is 0 Å². The molecule has 134 valence electrons. The molecule has 3 rings (SSSR count). The van der Waals surface area contributed by atoms with Crippen LogP contribution < -0.4 is 14.8 Å². The van der Waals surface area contributed by atoms with E-state index in [1.165, 1.54) is 20.0 Å². The van der Waals surface area contributed by atoms with Gasteiger partial charge in [0, 0.05) is 25.2 Å². The lowest BCUT2D eigenvalue weighted by Crippen LogP contribution is -2.50. The van der Waals surface area contributed by atoms with Crippen LogP contribution in [0.15, 0.2) is 18.2 Å². The average molecular weight is 345 g/mol. The summed E-state index contributed by atoms with van der Waals surface area (Å²) in [6.07, 6.45) is 2.47. The van der Waals surface area contributed by atoms with E-state index in [2.05, 4.69) is 10.2 Å². The fraction of sp³-hybridized carbons (Fsp3) is 0.556. The number of morpholine rings is 1. The minimum atomic E-state index is -0.210. The van der Waals surface area contributed by atoms with Gasteiger partial charge in [-0.05, 0) is 31.5 Å². The van der Waals surface area contributed by atoms with Gasteiger partial charge < -0.3 is 19.5 Å². The van der Waals surface area contributed by atoms with E-state index < -0.39 is 0 Å². The Labute approximate surface area is 147 Å². The molecule has 0 aromatic heterocycles. The molecule has 1 aromatic rings. The fourth-order valence-corrected chi connectivity index (χ4v) is 3.29. The number of nitrogens with one attached hydrogen (secondary N) is 1. The zero-order valence-electron chi connectivity index (χ0n) is 14.4. The molecule has 0 spiro atoms. The number of amides is 1. The molecular formula is C18H23N3O4. The Bertz CT molecular complexity index is 658. The van der Waals surface area contributed by atoms with Crippen molar-refractivity contribution in [2.75, 3.05) is 40.0 Å². The molecule has 2 saturated heterocycles. The van der Waals surface area contributed by atoms with Crippen molar-refractivity contribution < 1.29 is 19.0 Å². The van der Waals surface area contributed by atoms with Crippen molar-refractivity contribution >= 4 is 5.91 Å². The predicted octanol–water partition coefficient (Wildman–Crippen LogP) is 0.925. The number of rotatable bonds is 6. The molecule has 7 nitrogen and oxygen atoms in total. The zero-order valence-corrected chi connectivity index (χ0v) is 14.4. The quantitative estimate of drug-likeness (QED) is 0.826. The maximum Gasteiger partial charge on any atom is 0.258 e. The third-order valence-electron chi connectivity index (χ3n) is 4.64. The Morgan fingerprint density at radius 3 is 3.16 bits per heavy atom. The molecule has 0 radical (unpaired) electrons. The summed E-state index contributed by atoms with van der Waals surface area (Å²) >= 11 is 0. The highest BCUT2D eigenvalue weighted by atomic mass is 16.5. The molecule has 25 heavy (non-hydrogen) atoms. The van der Waals surface area contributed by atoms with Crippen molar-refractivity contribution in [3.8, 4) is 17.6 Å². The number of ether oxygens (including phenoxy) is 3. The Morgan fingerprint density at radius 2 is 2.36 bits per heavy atom. The van der Waals surface area contributed by atoms with Crippen LogP contribution in [0.2, 0.25) is 0 Å². The normalized spacial score (nSPS) is 22.7. The maximum atomic E-state index is 12.0. The summed E-state index contributed by atoms with van der Waals surface area (Å²) in [4.78, 5) is 14.5. The van der Waals surface area contributed by atoms with Gasteiger partial charge in [0.1, 0.15) is 0 Å². The predicted molar refractivity (Wildman–Crippen MR) is 90.5 cm³/mol. The van der Waals surface area contributed by atoms with Crippen molar-refractivity contribution in [3.63, 3.8) is 0 Å². The fourth-order valence-electron chi connectivity index (χ4n) is 3.29. The van der Waals surface area contributed by atoms with E-state index >= 15 is 0 Å². The summed E-state index contributed by atoms with van der Waals surface area (Å²) in [6.45, 7) is 3.12. The second-order valence-corrected chi connectivity index (χ2v) is 6.32. The highest BCUT2D eigenvalue weighted by Gasteiger charge is 2.32. The summed E-state index contributed by atoms with van der Waals surface area (Å²) in [5.74, 6) is 0.659. The Hall–Kier alpha value is -2.30. The third-order valence-corrected chi connectivity index (χ3v) is 4.64. The van der Waals surface area contributed by atoms with E-state index in [9.17, 15) is 4.79 Å². The van der Waals surface area contributed by atoms with Crippen molar-refractivity contribution in [2.24, 2.45) is 0 Å².